The molecule has 0 aliphatic carbocycles. The van der Waals surface area contributed by atoms with Crippen molar-refractivity contribution in [2.75, 3.05) is 0 Å². The molecule has 0 fully saturated rings. The lowest BCUT2D eigenvalue weighted by Gasteiger charge is -2.18. The minimum absolute atomic E-state index is 0.143. The lowest BCUT2D eigenvalue weighted by Crippen LogP contribution is -2.32. The van der Waals surface area contributed by atoms with Crippen molar-refractivity contribution in [2.45, 2.75) is 19.4 Å². The molecule has 0 saturated carbocycles. The van der Waals surface area contributed by atoms with E-state index in [1.807, 2.05) is 13.8 Å². The van der Waals surface area contributed by atoms with Crippen LogP contribution in [-0.4, -0.2) is 5.91 Å². The third-order valence-electron chi connectivity index (χ3n) is 2.45. The Bertz CT molecular complexity index is 424. The van der Waals surface area contributed by atoms with Gasteiger partial charge in [0, 0.05) is 5.56 Å². The van der Waals surface area contributed by atoms with Gasteiger partial charge >= 0.3 is 0 Å². The van der Waals surface area contributed by atoms with E-state index in [4.69, 9.17) is 0 Å². The molecule has 0 atom stereocenters. The number of carbonyl (C=O) groups excluding carboxylic acids is 1. The lowest BCUT2D eigenvalue weighted by atomic mass is 9.94. The molecule has 4 nitrogen and oxygen atoms in total. The molecule has 0 spiro atoms. The number of nitroso groups, excluding NO2 is 1. The molecule has 14 heavy (non-hydrogen) atoms. The minimum atomic E-state index is -0.353. The molecule has 4 heteroatoms. The summed E-state index contributed by atoms with van der Waals surface area (Å²) in [5.74, 6) is -0.143. The Hall–Kier alpha value is -1.71. The van der Waals surface area contributed by atoms with E-state index in [2.05, 4.69) is 10.5 Å². The summed E-state index contributed by atoms with van der Waals surface area (Å²) in [5.41, 5.74) is 1.40. The molecule has 1 aliphatic rings. The summed E-state index contributed by atoms with van der Waals surface area (Å²) < 4.78 is 0. The number of nitrogens with zero attached hydrogens (tertiary/aromatic N) is 1. The first-order valence-electron chi connectivity index (χ1n) is 4.35. The fourth-order valence-electron chi connectivity index (χ4n) is 1.74. The average Bonchev–Trinajstić information content (AvgIpc) is 2.37. The van der Waals surface area contributed by atoms with Gasteiger partial charge in [-0.2, -0.15) is 0 Å². The van der Waals surface area contributed by atoms with Crippen LogP contribution in [0.1, 0.15) is 29.8 Å². The van der Waals surface area contributed by atoms with E-state index in [0.29, 0.717) is 5.56 Å². The van der Waals surface area contributed by atoms with Gasteiger partial charge in [0.2, 0.25) is 0 Å². The molecule has 1 aromatic rings. The van der Waals surface area contributed by atoms with E-state index < -0.39 is 0 Å². The van der Waals surface area contributed by atoms with Crippen molar-refractivity contribution in [3.8, 4) is 0 Å². The zero-order valence-electron chi connectivity index (χ0n) is 8.00. The van der Waals surface area contributed by atoms with Crippen molar-refractivity contribution in [2.24, 2.45) is 5.18 Å². The molecule has 1 heterocycles. The molecule has 2 rings (SSSR count). The number of carbonyl (C=O) groups is 1. The van der Waals surface area contributed by atoms with Crippen molar-refractivity contribution in [1.82, 2.24) is 5.32 Å². The maximum absolute atomic E-state index is 11.5. The van der Waals surface area contributed by atoms with Gasteiger partial charge in [0.1, 0.15) is 5.69 Å². The average molecular weight is 190 g/mol. The number of fused-ring (bicyclic) bond motifs is 1. The molecule has 1 N–H and O–H groups in total. The van der Waals surface area contributed by atoms with Crippen LogP contribution in [-0.2, 0) is 5.54 Å². The monoisotopic (exact) mass is 190 g/mol. The zero-order valence-corrected chi connectivity index (χ0v) is 8.00. The first-order chi connectivity index (χ1) is 6.54. The molecule has 0 saturated heterocycles. The summed E-state index contributed by atoms with van der Waals surface area (Å²) >= 11 is 0. The Morgan fingerprint density at radius 1 is 1.36 bits per heavy atom. The Morgan fingerprint density at radius 3 is 2.71 bits per heavy atom. The molecule has 0 bridgehead atoms. The molecule has 1 aliphatic heterocycles. The van der Waals surface area contributed by atoms with Gasteiger partial charge in [0.15, 0.2) is 0 Å². The highest BCUT2D eigenvalue weighted by Crippen LogP contribution is 2.32. The number of hydrogen-bond acceptors (Lipinski definition) is 3. The summed E-state index contributed by atoms with van der Waals surface area (Å²) in [6.07, 6.45) is 0. The SMILES string of the molecule is CC1(C)NC(=O)c2cc(N=O)ccc21. The van der Waals surface area contributed by atoms with E-state index >= 15 is 0 Å². The van der Waals surface area contributed by atoms with Crippen molar-refractivity contribution in [3.05, 3.63) is 34.2 Å². The van der Waals surface area contributed by atoms with E-state index in [9.17, 15) is 9.70 Å². The Labute approximate surface area is 81.3 Å². The Balaban J connectivity index is 2.63. The standard InChI is InChI=1S/C10H10N2O2/c1-10(2)8-4-3-6(12-14)5-7(8)9(13)11-10/h3-5H,1-2H3,(H,11,13). The van der Waals surface area contributed by atoms with Gasteiger partial charge in [-0.3, -0.25) is 4.79 Å². The predicted octanol–water partition coefficient (Wildman–Crippen LogP) is 2.06. The van der Waals surface area contributed by atoms with Crippen LogP contribution in [0.15, 0.2) is 23.4 Å². The first-order valence-corrected chi connectivity index (χ1v) is 4.35. The minimum Gasteiger partial charge on any atom is -0.343 e. The van der Waals surface area contributed by atoms with Crippen molar-refractivity contribution in [1.29, 1.82) is 0 Å². The van der Waals surface area contributed by atoms with Gasteiger partial charge in [0.05, 0.1) is 5.54 Å². The summed E-state index contributed by atoms with van der Waals surface area (Å²) in [6, 6.07) is 4.91. The highest BCUT2D eigenvalue weighted by atomic mass is 16.3. The van der Waals surface area contributed by atoms with Crippen LogP contribution in [0.25, 0.3) is 0 Å². The van der Waals surface area contributed by atoms with E-state index in [-0.39, 0.29) is 17.1 Å². The third kappa shape index (κ3) is 1.11. The highest BCUT2D eigenvalue weighted by Gasteiger charge is 2.34. The quantitative estimate of drug-likeness (QED) is 0.689. The van der Waals surface area contributed by atoms with Gasteiger partial charge in [-0.15, -0.1) is 4.91 Å². The second kappa shape index (κ2) is 2.64. The van der Waals surface area contributed by atoms with Crippen molar-refractivity contribution in [3.63, 3.8) is 0 Å². The van der Waals surface area contributed by atoms with Crippen molar-refractivity contribution >= 4 is 11.6 Å². The van der Waals surface area contributed by atoms with E-state index in [1.165, 1.54) is 6.07 Å². The van der Waals surface area contributed by atoms with E-state index in [0.717, 1.165) is 5.56 Å². The highest BCUT2D eigenvalue weighted by molar-refractivity contribution is 6.00. The van der Waals surface area contributed by atoms with Crippen molar-refractivity contribution < 1.29 is 4.79 Å². The van der Waals surface area contributed by atoms with Gasteiger partial charge in [0.25, 0.3) is 5.91 Å². The maximum Gasteiger partial charge on any atom is 0.252 e. The molecule has 72 valence electrons. The lowest BCUT2D eigenvalue weighted by molar-refractivity contribution is 0.0940. The largest absolute Gasteiger partial charge is 0.343 e. The fraction of sp³-hybridized carbons (Fsp3) is 0.300. The third-order valence-corrected chi connectivity index (χ3v) is 2.45. The van der Waals surface area contributed by atoms with Crippen LogP contribution < -0.4 is 5.32 Å². The molecule has 0 unspecified atom stereocenters. The fourth-order valence-corrected chi connectivity index (χ4v) is 1.74. The topological polar surface area (TPSA) is 58.5 Å². The van der Waals surface area contributed by atoms with Crippen LogP contribution in [0.5, 0.6) is 0 Å². The zero-order chi connectivity index (χ0) is 10.3. The van der Waals surface area contributed by atoms with Crippen LogP contribution in [0.2, 0.25) is 0 Å². The molecule has 1 aromatic carbocycles. The number of rotatable bonds is 1. The molecular weight excluding hydrogens is 180 g/mol. The molecular formula is C10H10N2O2. The van der Waals surface area contributed by atoms with E-state index in [1.54, 1.807) is 12.1 Å². The maximum atomic E-state index is 11.5. The van der Waals surface area contributed by atoms with Crippen LogP contribution in [0.3, 0.4) is 0 Å². The summed E-state index contributed by atoms with van der Waals surface area (Å²) in [4.78, 5) is 21.8. The number of hydrogen-bond donors (Lipinski definition) is 1. The summed E-state index contributed by atoms with van der Waals surface area (Å²) in [5, 5.41) is 5.63. The second-order valence-electron chi connectivity index (χ2n) is 3.90. The Morgan fingerprint density at radius 2 is 2.07 bits per heavy atom. The van der Waals surface area contributed by atoms with Gasteiger partial charge in [-0.25, -0.2) is 0 Å². The molecule has 0 radical (unpaired) electrons. The second-order valence-corrected chi connectivity index (χ2v) is 3.90. The smallest absolute Gasteiger partial charge is 0.252 e. The van der Waals surface area contributed by atoms with Crippen LogP contribution in [0.4, 0.5) is 5.69 Å². The summed E-state index contributed by atoms with van der Waals surface area (Å²) in [7, 11) is 0. The molecule has 1 amide bonds. The first kappa shape index (κ1) is 8.87. The number of amides is 1. The number of nitrogens with one attached hydrogen (secondary N) is 1. The van der Waals surface area contributed by atoms with Gasteiger partial charge < -0.3 is 5.32 Å². The molecule has 0 aromatic heterocycles. The normalized spacial score (nSPS) is 17.4. The summed E-state index contributed by atoms with van der Waals surface area (Å²) in [6.45, 7) is 3.84. The Kier molecular flexibility index (Phi) is 1.67. The van der Waals surface area contributed by atoms with Gasteiger partial charge in [-0.05, 0) is 36.7 Å². The predicted molar refractivity (Wildman–Crippen MR) is 52.4 cm³/mol. The van der Waals surface area contributed by atoms with Gasteiger partial charge in [-0.1, -0.05) is 6.07 Å². The van der Waals surface area contributed by atoms with Crippen LogP contribution in [0, 0.1) is 4.91 Å². The number of benzene rings is 1. The van der Waals surface area contributed by atoms with Crippen LogP contribution >= 0.6 is 0 Å².